The first-order chi connectivity index (χ1) is 16.1. The second kappa shape index (κ2) is 10.0. The number of benzene rings is 3. The molecule has 0 amide bonds. The largest absolute Gasteiger partial charge is 0.290 e. The molecule has 8 heteroatoms. The van der Waals surface area contributed by atoms with Gasteiger partial charge in [-0.15, -0.1) is 0 Å². The molecule has 0 aliphatic heterocycles. The fraction of sp³-hybridized carbons (Fsp3) is 0.259. The van der Waals surface area contributed by atoms with E-state index in [4.69, 9.17) is 0 Å². The van der Waals surface area contributed by atoms with E-state index in [2.05, 4.69) is 43.1 Å². The summed E-state index contributed by atoms with van der Waals surface area (Å²) in [5, 5.41) is 0.963. The highest BCUT2D eigenvalue weighted by Gasteiger charge is 2.36. The zero-order chi connectivity index (χ0) is 26.1. The Balaban J connectivity index is 2.49. The number of rotatable bonds is 7. The van der Waals surface area contributed by atoms with Gasteiger partial charge in [-0.1, -0.05) is 109 Å². The van der Waals surface area contributed by atoms with Gasteiger partial charge in [0.2, 0.25) is 0 Å². The summed E-state index contributed by atoms with van der Waals surface area (Å²) in [7, 11) is -12.0. The first-order valence-corrected chi connectivity index (χ1v) is 21.6. The Morgan fingerprint density at radius 1 is 0.743 bits per heavy atom. The number of aryl methyl sites for hydroxylation is 1. The van der Waals surface area contributed by atoms with Crippen molar-refractivity contribution >= 4 is 47.2 Å². The first-order valence-electron chi connectivity index (χ1n) is 11.6. The van der Waals surface area contributed by atoms with Gasteiger partial charge in [0, 0.05) is 4.53 Å². The topological polar surface area (TPSA) is 63.6 Å². The summed E-state index contributed by atoms with van der Waals surface area (Å²) in [6.07, 6.45) is 1.91. The highest BCUT2D eigenvalue weighted by Crippen LogP contribution is 2.34. The van der Waals surface area contributed by atoms with E-state index < -0.39 is 35.9 Å². The van der Waals surface area contributed by atoms with Crippen molar-refractivity contribution in [2.45, 2.75) is 56.0 Å². The van der Waals surface area contributed by atoms with Crippen LogP contribution < -0.4 is 5.19 Å². The average Bonchev–Trinajstić information content (AvgIpc) is 2.77. The fourth-order valence-electron chi connectivity index (χ4n) is 3.83. The molecule has 0 radical (unpaired) electrons. The Morgan fingerprint density at radius 3 is 1.83 bits per heavy atom. The molecule has 0 bridgehead atoms. The van der Waals surface area contributed by atoms with Crippen LogP contribution in [-0.4, -0.2) is 28.8 Å². The Kier molecular flexibility index (Phi) is 7.81. The van der Waals surface area contributed by atoms with Crippen molar-refractivity contribution in [3.05, 3.63) is 94.5 Å². The molecule has 0 N–H and O–H groups in total. The minimum Gasteiger partial charge on any atom is -0.239 e. The summed E-state index contributed by atoms with van der Waals surface area (Å²) >= 11 is 0. The summed E-state index contributed by atoms with van der Waals surface area (Å²) < 4.78 is 47.5. The van der Waals surface area contributed by atoms with Crippen molar-refractivity contribution in [2.24, 2.45) is 3.77 Å². The maximum atomic E-state index is 15.3. The van der Waals surface area contributed by atoms with Crippen LogP contribution in [0.15, 0.2) is 97.0 Å². The van der Waals surface area contributed by atoms with E-state index in [9.17, 15) is 8.42 Å². The Hall–Kier alpha value is -2.27. The molecule has 3 aromatic carbocycles. The van der Waals surface area contributed by atoms with Crippen molar-refractivity contribution in [1.29, 1.82) is 0 Å². The molecule has 0 saturated carbocycles. The maximum absolute atomic E-state index is 15.3. The van der Waals surface area contributed by atoms with Crippen molar-refractivity contribution < 1.29 is 12.6 Å². The number of nitrogens with zero attached hydrogens (tertiary/aromatic N) is 1. The Bertz CT molecular complexity index is 1460. The highest BCUT2D eigenvalue weighted by molar-refractivity contribution is 8.07. The van der Waals surface area contributed by atoms with Crippen LogP contribution in [-0.2, 0) is 19.8 Å². The fourth-order valence-corrected chi connectivity index (χ4v) is 14.9. The lowest BCUT2D eigenvalue weighted by molar-refractivity contribution is 0.598. The molecule has 0 aliphatic rings. The maximum Gasteiger partial charge on any atom is 0.290 e. The van der Waals surface area contributed by atoms with Crippen LogP contribution in [0.1, 0.15) is 11.1 Å². The predicted octanol–water partition coefficient (Wildman–Crippen LogP) is 6.67. The van der Waals surface area contributed by atoms with Crippen LogP contribution in [0.5, 0.6) is 0 Å². The quantitative estimate of drug-likeness (QED) is 0.314. The number of sulfonamides is 1. The zero-order valence-corrected chi connectivity index (χ0v) is 25.2. The summed E-state index contributed by atoms with van der Waals surface area (Å²) in [6.45, 7) is 14.7. The third-order valence-corrected chi connectivity index (χ3v) is 16.3. The van der Waals surface area contributed by atoms with E-state index in [0.29, 0.717) is 9.42 Å². The molecular weight excluding hydrogens is 507 g/mol. The van der Waals surface area contributed by atoms with Gasteiger partial charge in [-0.05, 0) is 41.9 Å². The van der Waals surface area contributed by atoms with E-state index in [0.717, 1.165) is 16.3 Å². The lowest BCUT2D eigenvalue weighted by Gasteiger charge is -2.28. The second-order valence-corrected chi connectivity index (χ2v) is 25.2. The summed E-state index contributed by atoms with van der Waals surface area (Å²) in [5.74, 6) is 0. The van der Waals surface area contributed by atoms with Gasteiger partial charge >= 0.3 is 0 Å². The van der Waals surface area contributed by atoms with Crippen molar-refractivity contribution in [3.63, 3.8) is 0 Å². The van der Waals surface area contributed by atoms with Crippen LogP contribution >= 0.6 is 0 Å². The molecule has 0 spiro atoms. The van der Waals surface area contributed by atoms with Crippen LogP contribution in [0, 0.1) is 6.92 Å². The van der Waals surface area contributed by atoms with E-state index >= 15 is 4.21 Å². The smallest absolute Gasteiger partial charge is 0.239 e. The third-order valence-electron chi connectivity index (χ3n) is 5.65. The normalized spacial score (nSPS) is 14.9. The van der Waals surface area contributed by atoms with Crippen LogP contribution in [0.3, 0.4) is 0 Å². The van der Waals surface area contributed by atoms with Gasteiger partial charge in [0.1, 0.15) is 9.73 Å². The molecule has 4 nitrogen and oxygen atoms in total. The van der Waals surface area contributed by atoms with Crippen molar-refractivity contribution in [3.8, 4) is 0 Å². The standard InChI is InChI=1S/C27H35NO3S2Si2/c1-22-17-19-24(20-18-22)33(30,31)28-32(29,25-15-11-12-16-26(25)34(2,3)4)27(35(5,6)7)21-23-13-9-8-10-14-23/h8-21H,1-7H3/b27-21-/t32-/m1/s1. The molecule has 0 aromatic heterocycles. The van der Waals surface area contributed by atoms with Gasteiger partial charge in [-0.25, -0.2) is 4.21 Å². The number of hydrogen-bond donors (Lipinski definition) is 0. The molecule has 0 fully saturated rings. The zero-order valence-electron chi connectivity index (χ0n) is 21.6. The highest BCUT2D eigenvalue weighted by atomic mass is 32.3. The number of hydrogen-bond acceptors (Lipinski definition) is 3. The summed E-state index contributed by atoms with van der Waals surface area (Å²) in [6, 6.07) is 23.8. The first kappa shape index (κ1) is 27.3. The third kappa shape index (κ3) is 6.30. The summed E-state index contributed by atoms with van der Waals surface area (Å²) in [4.78, 5) is 0.579. The van der Waals surface area contributed by atoms with Crippen LogP contribution in [0.4, 0.5) is 0 Å². The minimum absolute atomic E-state index is 0.0518. The molecule has 186 valence electrons. The van der Waals surface area contributed by atoms with Gasteiger partial charge in [-0.2, -0.15) is 8.42 Å². The van der Waals surface area contributed by atoms with Gasteiger partial charge in [0.05, 0.1) is 25.9 Å². The molecule has 0 saturated heterocycles. The minimum atomic E-state index is -4.20. The molecule has 35 heavy (non-hydrogen) atoms. The summed E-state index contributed by atoms with van der Waals surface area (Å²) in [5.41, 5.74) is 1.83. The van der Waals surface area contributed by atoms with Gasteiger partial charge in [0.15, 0.2) is 0 Å². The SMILES string of the molecule is Cc1ccc(S(=O)(=O)N=[S@](=O)(/C(=C/c2ccccc2)[Si](C)(C)C)c2ccccc2[Si](C)(C)C)cc1. The van der Waals surface area contributed by atoms with E-state index in [1.807, 2.05) is 67.6 Å². The molecule has 0 heterocycles. The van der Waals surface area contributed by atoms with Gasteiger partial charge in [0.25, 0.3) is 10.0 Å². The molecular formula is C27H35NO3S2Si2. The molecule has 0 aliphatic carbocycles. The average molecular weight is 542 g/mol. The molecule has 0 unspecified atom stereocenters. The lowest BCUT2D eigenvalue weighted by Crippen LogP contribution is -2.42. The van der Waals surface area contributed by atoms with E-state index in [-0.39, 0.29) is 4.90 Å². The van der Waals surface area contributed by atoms with E-state index in [1.165, 1.54) is 12.1 Å². The predicted molar refractivity (Wildman–Crippen MR) is 154 cm³/mol. The second-order valence-electron chi connectivity index (χ2n) is 10.8. The molecule has 1 atom stereocenters. The van der Waals surface area contributed by atoms with Gasteiger partial charge in [-0.3, -0.25) is 0 Å². The van der Waals surface area contributed by atoms with Crippen LogP contribution in [0.2, 0.25) is 39.3 Å². The lowest BCUT2D eigenvalue weighted by atomic mass is 10.2. The van der Waals surface area contributed by atoms with E-state index in [1.54, 1.807) is 12.1 Å². The molecule has 3 rings (SSSR count). The monoisotopic (exact) mass is 541 g/mol. The Morgan fingerprint density at radius 2 is 1.29 bits per heavy atom. The van der Waals surface area contributed by atoms with Crippen molar-refractivity contribution in [2.75, 3.05) is 0 Å². The molecule has 3 aromatic rings. The Labute approximate surface area is 213 Å². The van der Waals surface area contributed by atoms with Gasteiger partial charge < -0.3 is 0 Å². The van der Waals surface area contributed by atoms with Crippen LogP contribution in [0.25, 0.3) is 6.08 Å². The van der Waals surface area contributed by atoms with Crippen molar-refractivity contribution in [1.82, 2.24) is 0 Å².